The highest BCUT2D eigenvalue weighted by atomic mass is 32.2. The Labute approximate surface area is 193 Å². The molecule has 0 aromatic heterocycles. The first-order valence-corrected chi connectivity index (χ1v) is 13.2. The van der Waals surface area contributed by atoms with E-state index in [0.717, 1.165) is 0 Å². The van der Waals surface area contributed by atoms with E-state index in [-0.39, 0.29) is 34.4 Å². The van der Waals surface area contributed by atoms with Crippen LogP contribution in [0.4, 0.5) is 0 Å². The van der Waals surface area contributed by atoms with Crippen LogP contribution in [-0.4, -0.2) is 64.0 Å². The minimum absolute atomic E-state index is 0.00316. The second kappa shape index (κ2) is 9.59. The first-order chi connectivity index (χ1) is 15.4. The molecule has 1 aliphatic rings. The van der Waals surface area contributed by atoms with E-state index in [1.165, 1.54) is 47.6 Å². The van der Waals surface area contributed by atoms with Crippen molar-refractivity contribution in [2.24, 2.45) is 5.14 Å². The van der Waals surface area contributed by atoms with E-state index in [1.807, 2.05) is 0 Å². The van der Waals surface area contributed by atoms with Gasteiger partial charge >= 0.3 is 0 Å². The molecule has 0 spiro atoms. The third kappa shape index (κ3) is 5.77. The number of nitrogens with two attached hydrogens (primary N) is 1. The molecule has 3 N–H and O–H groups in total. The van der Waals surface area contributed by atoms with Crippen LogP contribution in [0, 0.1) is 0 Å². The maximum atomic E-state index is 13.0. The summed E-state index contributed by atoms with van der Waals surface area (Å²) in [5.74, 6) is -0.574. The Morgan fingerprint density at radius 3 is 2.09 bits per heavy atom. The summed E-state index contributed by atoms with van der Waals surface area (Å²) in [4.78, 5) is 25.8. The molecule has 33 heavy (non-hydrogen) atoms. The van der Waals surface area contributed by atoms with Crippen molar-refractivity contribution in [3.8, 4) is 0 Å². The van der Waals surface area contributed by atoms with Crippen molar-refractivity contribution in [1.82, 2.24) is 14.5 Å². The fourth-order valence-electron chi connectivity index (χ4n) is 3.50. The topological polar surface area (TPSA) is 147 Å². The molecule has 1 aliphatic heterocycles. The van der Waals surface area contributed by atoms with Gasteiger partial charge in [0.2, 0.25) is 26.0 Å². The fraction of sp³-hybridized carbons (Fsp3) is 0.333. The molecule has 0 bridgehead atoms. The summed E-state index contributed by atoms with van der Waals surface area (Å²) in [6.07, 6.45) is 0. The number of benzene rings is 2. The molecule has 1 unspecified atom stereocenters. The summed E-state index contributed by atoms with van der Waals surface area (Å²) in [5, 5.41) is 7.87. The maximum absolute atomic E-state index is 13.0. The summed E-state index contributed by atoms with van der Waals surface area (Å²) in [5.41, 5.74) is 0.828. The van der Waals surface area contributed by atoms with Crippen LogP contribution in [0.1, 0.15) is 35.8 Å². The van der Waals surface area contributed by atoms with E-state index in [4.69, 9.17) is 5.14 Å². The van der Waals surface area contributed by atoms with Gasteiger partial charge in [-0.05, 0) is 42.8 Å². The second-order valence-electron chi connectivity index (χ2n) is 7.75. The Morgan fingerprint density at radius 1 is 0.939 bits per heavy atom. The number of carbonyl (C=O) groups excluding carboxylic acids is 2. The normalized spacial score (nSPS) is 16.3. The zero-order valence-corrected chi connectivity index (χ0v) is 19.9. The summed E-state index contributed by atoms with van der Waals surface area (Å²) >= 11 is 0. The number of piperazine rings is 1. The monoisotopic (exact) mass is 494 g/mol. The smallest absolute Gasteiger partial charge is 0.251 e. The Bertz CT molecular complexity index is 1250. The minimum Gasteiger partial charge on any atom is -0.346 e. The second-order valence-corrected chi connectivity index (χ2v) is 11.2. The Kier molecular flexibility index (Phi) is 7.22. The lowest BCUT2D eigenvalue weighted by molar-refractivity contribution is -0.129. The van der Waals surface area contributed by atoms with Crippen molar-refractivity contribution in [2.75, 3.05) is 26.2 Å². The number of amides is 2. The molecule has 2 aromatic rings. The van der Waals surface area contributed by atoms with E-state index < -0.39 is 32.0 Å². The van der Waals surface area contributed by atoms with Crippen LogP contribution in [0.3, 0.4) is 0 Å². The predicted molar refractivity (Wildman–Crippen MR) is 121 cm³/mol. The van der Waals surface area contributed by atoms with Crippen molar-refractivity contribution < 1.29 is 26.4 Å². The molecular formula is C21H26N4O6S2. The van der Waals surface area contributed by atoms with Gasteiger partial charge < -0.3 is 10.2 Å². The lowest BCUT2D eigenvalue weighted by Crippen LogP contribution is -2.49. The summed E-state index contributed by atoms with van der Waals surface area (Å²) in [7, 11) is -7.63. The van der Waals surface area contributed by atoms with Gasteiger partial charge in [0.15, 0.2) is 0 Å². The standard InChI is InChI=1S/C21H26N4O6S2/c1-15(17-6-8-19(9-7-17)32(22,28)29)23-21(27)18-4-3-5-20(14-18)33(30,31)25-12-10-24(11-13-25)16(2)26/h3-9,14-15H,10-13H2,1-2H3,(H,23,27)(H2,22,28,29). The number of sulfonamides is 2. The van der Waals surface area contributed by atoms with Gasteiger partial charge in [0.1, 0.15) is 0 Å². The predicted octanol–water partition coefficient (Wildman–Crippen LogP) is 0.678. The number of hydrogen-bond acceptors (Lipinski definition) is 6. The number of rotatable bonds is 6. The Morgan fingerprint density at radius 2 is 1.55 bits per heavy atom. The van der Waals surface area contributed by atoms with Crippen LogP contribution in [-0.2, 0) is 24.8 Å². The van der Waals surface area contributed by atoms with Gasteiger partial charge in [0.25, 0.3) is 5.91 Å². The molecule has 1 saturated heterocycles. The van der Waals surface area contributed by atoms with Crippen molar-refractivity contribution in [3.05, 3.63) is 59.7 Å². The van der Waals surface area contributed by atoms with Crippen molar-refractivity contribution in [2.45, 2.75) is 29.7 Å². The lowest BCUT2D eigenvalue weighted by Gasteiger charge is -2.33. The fourth-order valence-corrected chi connectivity index (χ4v) is 5.48. The third-order valence-electron chi connectivity index (χ3n) is 5.47. The van der Waals surface area contributed by atoms with Crippen LogP contribution in [0.25, 0.3) is 0 Å². The average Bonchev–Trinajstić information content (AvgIpc) is 2.78. The number of carbonyl (C=O) groups is 2. The molecule has 3 rings (SSSR count). The SMILES string of the molecule is CC(=O)N1CCN(S(=O)(=O)c2cccc(C(=O)NC(C)c3ccc(S(N)(=O)=O)cc3)c2)CC1. The van der Waals surface area contributed by atoms with Crippen LogP contribution in [0.15, 0.2) is 58.3 Å². The van der Waals surface area contributed by atoms with Crippen LogP contribution >= 0.6 is 0 Å². The van der Waals surface area contributed by atoms with E-state index in [0.29, 0.717) is 18.7 Å². The molecule has 0 saturated carbocycles. The van der Waals surface area contributed by atoms with Crippen molar-refractivity contribution >= 4 is 31.9 Å². The van der Waals surface area contributed by atoms with Gasteiger partial charge in [-0.3, -0.25) is 9.59 Å². The molecule has 12 heteroatoms. The van der Waals surface area contributed by atoms with E-state index in [9.17, 15) is 26.4 Å². The van der Waals surface area contributed by atoms with Crippen molar-refractivity contribution in [1.29, 1.82) is 0 Å². The first-order valence-electron chi connectivity index (χ1n) is 10.2. The number of hydrogen-bond donors (Lipinski definition) is 2. The van der Waals surface area contributed by atoms with E-state index in [2.05, 4.69) is 5.32 Å². The maximum Gasteiger partial charge on any atom is 0.251 e. The Balaban J connectivity index is 1.72. The summed E-state index contributed by atoms with van der Waals surface area (Å²) < 4.78 is 50.1. The summed E-state index contributed by atoms with van der Waals surface area (Å²) in [6, 6.07) is 11.1. The molecule has 1 fully saturated rings. The lowest BCUT2D eigenvalue weighted by atomic mass is 10.1. The zero-order chi connectivity index (χ0) is 24.4. The van der Waals surface area contributed by atoms with Gasteiger partial charge in [0.05, 0.1) is 15.8 Å². The molecule has 1 heterocycles. The van der Waals surface area contributed by atoms with Gasteiger partial charge in [-0.15, -0.1) is 0 Å². The van der Waals surface area contributed by atoms with Gasteiger partial charge in [-0.2, -0.15) is 4.31 Å². The molecule has 0 aliphatic carbocycles. The molecule has 178 valence electrons. The zero-order valence-electron chi connectivity index (χ0n) is 18.3. The van der Waals surface area contributed by atoms with Crippen LogP contribution in [0.5, 0.6) is 0 Å². The van der Waals surface area contributed by atoms with Crippen LogP contribution < -0.4 is 10.5 Å². The third-order valence-corrected chi connectivity index (χ3v) is 8.30. The highest BCUT2D eigenvalue weighted by Gasteiger charge is 2.29. The number of primary sulfonamides is 1. The van der Waals surface area contributed by atoms with Gasteiger partial charge in [-0.25, -0.2) is 22.0 Å². The van der Waals surface area contributed by atoms with Crippen LogP contribution in [0.2, 0.25) is 0 Å². The summed E-state index contributed by atoms with van der Waals surface area (Å²) in [6.45, 7) is 4.17. The molecule has 1 atom stereocenters. The molecule has 10 nitrogen and oxygen atoms in total. The minimum atomic E-state index is -3.82. The number of nitrogens with zero attached hydrogens (tertiary/aromatic N) is 2. The van der Waals surface area contributed by atoms with Gasteiger partial charge in [0, 0.05) is 38.7 Å². The molecule has 2 amide bonds. The van der Waals surface area contributed by atoms with E-state index in [1.54, 1.807) is 24.0 Å². The van der Waals surface area contributed by atoms with Crippen molar-refractivity contribution in [3.63, 3.8) is 0 Å². The van der Waals surface area contributed by atoms with E-state index >= 15 is 0 Å². The number of nitrogens with one attached hydrogen (secondary N) is 1. The highest BCUT2D eigenvalue weighted by Crippen LogP contribution is 2.20. The largest absolute Gasteiger partial charge is 0.346 e. The Hall–Kier alpha value is -2.80. The highest BCUT2D eigenvalue weighted by molar-refractivity contribution is 7.89. The quantitative estimate of drug-likeness (QED) is 0.604. The molecule has 0 radical (unpaired) electrons. The molecule has 2 aromatic carbocycles. The molecular weight excluding hydrogens is 468 g/mol. The average molecular weight is 495 g/mol. The van der Waals surface area contributed by atoms with Gasteiger partial charge in [-0.1, -0.05) is 18.2 Å². The first kappa shape index (κ1) is 24.8.